The molecule has 0 N–H and O–H groups in total. The maximum atomic E-state index is 11.5. The molecule has 0 unspecified atom stereocenters. The van der Waals surface area contributed by atoms with Crippen LogP contribution >= 0.6 is 0 Å². The molecule has 0 saturated heterocycles. The number of carbonyl (C=O) groups excluding carboxylic acids is 4. The van der Waals surface area contributed by atoms with Crippen LogP contribution < -0.4 is 0 Å². The first-order valence-corrected chi connectivity index (χ1v) is 5.02. The Morgan fingerprint density at radius 2 is 0.905 bits per heavy atom. The van der Waals surface area contributed by atoms with E-state index in [9.17, 15) is 19.2 Å². The quantitative estimate of drug-likeness (QED) is 0.149. The number of hydrogen-bond acceptors (Lipinski definition) is 8. The second-order valence-corrected chi connectivity index (χ2v) is 2.97. The van der Waals surface area contributed by atoms with Gasteiger partial charge in [-0.05, 0) is 0 Å². The maximum Gasteiger partial charge on any atom is 2.00 e. The van der Waals surface area contributed by atoms with Crippen molar-refractivity contribution in [1.29, 1.82) is 0 Å². The van der Waals surface area contributed by atoms with E-state index in [-0.39, 0.29) is 20.4 Å². The molecule has 0 fully saturated rings. The number of methoxy groups -OCH3 is 4. The van der Waals surface area contributed by atoms with Gasteiger partial charge >= 0.3 is 20.4 Å². The number of hydrogen-bond donors (Lipinski definition) is 0. The van der Waals surface area contributed by atoms with Gasteiger partial charge in [0.25, 0.3) is 11.9 Å². The summed E-state index contributed by atoms with van der Waals surface area (Å²) in [6.45, 7) is 0. The van der Waals surface area contributed by atoms with Gasteiger partial charge in [-0.15, -0.1) is 12.2 Å². The zero-order valence-corrected chi connectivity index (χ0v) is 13.1. The van der Waals surface area contributed by atoms with Crippen LogP contribution in [0.4, 0.5) is 0 Å². The molecule has 0 aliphatic carbocycles. The van der Waals surface area contributed by atoms with E-state index < -0.39 is 35.0 Å². The van der Waals surface area contributed by atoms with Crippen molar-refractivity contribution in [2.75, 3.05) is 28.4 Å². The summed E-state index contributed by atoms with van der Waals surface area (Å²) in [5, 5.41) is 0. The van der Waals surface area contributed by atoms with Crippen molar-refractivity contribution in [2.24, 2.45) is 0 Å². The number of ether oxygens (including phenoxy) is 4. The second-order valence-electron chi connectivity index (χ2n) is 2.97. The Bertz CT molecular complexity index is 434. The predicted molar refractivity (Wildman–Crippen MR) is 61.6 cm³/mol. The summed E-state index contributed by atoms with van der Waals surface area (Å²) >= 11 is 0. The van der Waals surface area contributed by atoms with Crippen LogP contribution in [-0.2, 0) is 58.5 Å². The maximum absolute atomic E-state index is 11.5. The van der Waals surface area contributed by atoms with Crippen LogP contribution in [0.25, 0.3) is 0 Å². The van der Waals surface area contributed by atoms with Gasteiger partial charge in [-0.3, -0.25) is 9.59 Å². The van der Waals surface area contributed by atoms with Crippen molar-refractivity contribution in [1.82, 2.24) is 0 Å². The van der Waals surface area contributed by atoms with Crippen LogP contribution in [0, 0.1) is 12.2 Å². The van der Waals surface area contributed by atoms with E-state index in [0.29, 0.717) is 0 Å². The molecule has 9 heteroatoms. The van der Waals surface area contributed by atoms with E-state index in [1.54, 1.807) is 0 Å². The minimum absolute atomic E-state index is 0. The minimum atomic E-state index is -1.10. The van der Waals surface area contributed by atoms with Gasteiger partial charge < -0.3 is 28.5 Å². The molecule has 0 aliphatic rings. The van der Waals surface area contributed by atoms with Crippen molar-refractivity contribution in [3.8, 4) is 0 Å². The van der Waals surface area contributed by atoms with E-state index in [1.165, 1.54) is 0 Å². The van der Waals surface area contributed by atoms with E-state index in [4.69, 9.17) is 0 Å². The van der Waals surface area contributed by atoms with E-state index in [2.05, 4.69) is 18.9 Å². The third-order valence-electron chi connectivity index (χ3n) is 1.85. The predicted octanol–water partition coefficient (Wildman–Crippen LogP) is -0.865. The van der Waals surface area contributed by atoms with Gasteiger partial charge in [0.2, 0.25) is 0 Å². The van der Waals surface area contributed by atoms with Crippen LogP contribution in [0.5, 0.6) is 0 Å². The Balaban J connectivity index is 0. The molecule has 21 heavy (non-hydrogen) atoms. The Kier molecular flexibility index (Phi) is 10.9. The third-order valence-corrected chi connectivity index (χ3v) is 1.85. The molecule has 0 radical (unpaired) electrons. The smallest absolute Gasteiger partial charge is 0.531 e. The summed E-state index contributed by atoms with van der Waals surface area (Å²) in [5.41, 5.74) is -1.34. The van der Waals surface area contributed by atoms with Gasteiger partial charge in [0, 0.05) is 0 Å². The van der Waals surface area contributed by atoms with Gasteiger partial charge in [-0.2, -0.15) is 0 Å². The van der Waals surface area contributed by atoms with Crippen LogP contribution in [0.15, 0.2) is 11.1 Å². The molecule has 0 aliphatic heterocycles. The van der Waals surface area contributed by atoms with Crippen molar-refractivity contribution >= 4 is 23.9 Å². The normalized spacial score (nSPS) is 10.9. The first-order valence-electron chi connectivity index (χ1n) is 5.02. The molecular formula is C12H12O8Pd. The summed E-state index contributed by atoms with van der Waals surface area (Å²) in [6, 6.07) is 0. The second kappa shape index (κ2) is 10.8. The fraction of sp³-hybridized carbons (Fsp3) is 0.333. The first-order chi connectivity index (χ1) is 9.40. The van der Waals surface area contributed by atoms with Crippen LogP contribution in [-0.4, -0.2) is 52.3 Å². The van der Waals surface area contributed by atoms with Crippen molar-refractivity contribution < 1.29 is 58.5 Å². The van der Waals surface area contributed by atoms with Crippen LogP contribution in [0.1, 0.15) is 0 Å². The molecule has 0 amide bonds. The Morgan fingerprint density at radius 1 is 0.619 bits per heavy atom. The van der Waals surface area contributed by atoms with Gasteiger partial charge in [0.15, 0.2) is 11.9 Å². The van der Waals surface area contributed by atoms with Gasteiger partial charge in [-0.1, -0.05) is 0 Å². The van der Waals surface area contributed by atoms with E-state index in [1.807, 2.05) is 12.2 Å². The molecule has 0 rings (SSSR count). The van der Waals surface area contributed by atoms with E-state index >= 15 is 0 Å². The standard InChI is InChI=1S/C12H12O8.Pd/c1-17-9(13)5-7(11(15)19-3)8(12(16)20-4)6-10(14)18-2;/h1-4H3;/q-2;+2. The SMILES string of the molecule is COC(=O)[C-]=C(C(=O)OC)C(=[C-]C(=O)OC)C(=O)OC.[Pd+2]. The van der Waals surface area contributed by atoms with Crippen molar-refractivity contribution in [3.63, 3.8) is 0 Å². The number of esters is 4. The van der Waals surface area contributed by atoms with Crippen LogP contribution in [0.2, 0.25) is 0 Å². The Hall–Kier alpha value is -1.98. The fourth-order valence-electron chi connectivity index (χ4n) is 0.941. The molecular weight excluding hydrogens is 379 g/mol. The summed E-state index contributed by atoms with van der Waals surface area (Å²) in [7, 11) is 4.09. The zero-order valence-electron chi connectivity index (χ0n) is 11.6. The molecule has 0 aromatic carbocycles. The summed E-state index contributed by atoms with van der Waals surface area (Å²) in [6.07, 6.45) is 3.87. The van der Waals surface area contributed by atoms with Crippen molar-refractivity contribution in [3.05, 3.63) is 23.3 Å². The van der Waals surface area contributed by atoms with Gasteiger partial charge in [0.1, 0.15) is 0 Å². The largest absolute Gasteiger partial charge is 2.00 e. The topological polar surface area (TPSA) is 105 Å². The molecule has 118 valence electrons. The average molecular weight is 391 g/mol. The molecule has 0 atom stereocenters. The first kappa shape index (κ1) is 21.3. The van der Waals surface area contributed by atoms with Gasteiger partial charge in [0.05, 0.1) is 28.4 Å². The molecule has 0 heterocycles. The number of rotatable bonds is 5. The zero-order chi connectivity index (χ0) is 15.7. The summed E-state index contributed by atoms with van der Waals surface area (Å²) in [5.74, 6) is -4.32. The summed E-state index contributed by atoms with van der Waals surface area (Å²) < 4.78 is 17.3. The Labute approximate surface area is 134 Å². The van der Waals surface area contributed by atoms with Crippen molar-refractivity contribution in [2.45, 2.75) is 0 Å². The van der Waals surface area contributed by atoms with Crippen LogP contribution in [0.3, 0.4) is 0 Å². The van der Waals surface area contributed by atoms with Gasteiger partial charge in [-0.25, -0.2) is 11.1 Å². The monoisotopic (exact) mass is 390 g/mol. The van der Waals surface area contributed by atoms with E-state index in [0.717, 1.165) is 28.4 Å². The molecule has 0 aromatic rings. The molecule has 0 aromatic heterocycles. The third kappa shape index (κ3) is 6.83. The molecule has 0 spiro atoms. The number of carbonyl (C=O) groups is 4. The molecule has 8 nitrogen and oxygen atoms in total. The average Bonchev–Trinajstić information content (AvgIpc) is 2.48. The molecule has 0 saturated carbocycles. The summed E-state index contributed by atoms with van der Waals surface area (Å²) in [4.78, 5) is 45.4. The fourth-order valence-corrected chi connectivity index (χ4v) is 0.941. The Morgan fingerprint density at radius 3 is 1.10 bits per heavy atom. The molecule has 0 bridgehead atoms. The minimum Gasteiger partial charge on any atom is -0.531 e.